The van der Waals surface area contributed by atoms with Crippen LogP contribution in [0.2, 0.25) is 5.15 Å². The van der Waals surface area contributed by atoms with Crippen molar-refractivity contribution in [2.45, 2.75) is 9.92 Å². The maximum Gasteiger partial charge on any atom is 0.159 e. The van der Waals surface area contributed by atoms with E-state index in [4.69, 9.17) is 11.6 Å². The van der Waals surface area contributed by atoms with Gasteiger partial charge in [-0.25, -0.2) is 0 Å². The molecule has 94 valence electrons. The molecule has 0 fully saturated rings. The summed E-state index contributed by atoms with van der Waals surface area (Å²) in [5.74, 6) is 0. The molecule has 0 radical (unpaired) electrons. The van der Waals surface area contributed by atoms with Crippen molar-refractivity contribution in [3.8, 4) is 0 Å². The zero-order valence-corrected chi connectivity index (χ0v) is 12.8. The van der Waals surface area contributed by atoms with Gasteiger partial charge in [0.1, 0.15) is 5.03 Å². The number of fused-ring (bicyclic) bond motifs is 1. The molecule has 0 saturated heterocycles. The topological polar surface area (TPSA) is 25.8 Å². The van der Waals surface area contributed by atoms with Crippen LogP contribution < -0.4 is 0 Å². The van der Waals surface area contributed by atoms with E-state index in [0.29, 0.717) is 5.15 Å². The summed E-state index contributed by atoms with van der Waals surface area (Å²) in [7, 11) is 0. The molecule has 2 aromatic carbocycles. The number of hydrogen-bond donors (Lipinski definition) is 0. The van der Waals surface area contributed by atoms with Crippen LogP contribution in [-0.4, -0.2) is 10.2 Å². The summed E-state index contributed by atoms with van der Waals surface area (Å²) in [6, 6.07) is 16.0. The Bertz CT molecular complexity index is 748. The summed E-state index contributed by atoms with van der Waals surface area (Å²) in [6.07, 6.45) is 0. The number of hydrogen-bond acceptors (Lipinski definition) is 3. The first-order valence-corrected chi connectivity index (χ1v) is 7.57. The first-order chi connectivity index (χ1) is 9.24. The summed E-state index contributed by atoms with van der Waals surface area (Å²) in [4.78, 5) is 1.11. The SMILES string of the molecule is Clc1nnc(Sc2cccc(Br)c2)c2ccccc12. The summed E-state index contributed by atoms with van der Waals surface area (Å²) < 4.78 is 1.05. The van der Waals surface area contributed by atoms with Crippen LogP contribution in [0.25, 0.3) is 10.8 Å². The van der Waals surface area contributed by atoms with Gasteiger partial charge in [0, 0.05) is 20.1 Å². The van der Waals surface area contributed by atoms with E-state index in [1.165, 1.54) is 0 Å². The molecule has 1 aromatic heterocycles. The maximum absolute atomic E-state index is 6.07. The molecule has 0 bridgehead atoms. The van der Waals surface area contributed by atoms with Gasteiger partial charge in [-0.05, 0) is 18.2 Å². The fourth-order valence-electron chi connectivity index (χ4n) is 1.76. The molecular weight excluding hydrogens is 344 g/mol. The van der Waals surface area contributed by atoms with Crippen molar-refractivity contribution in [2.24, 2.45) is 0 Å². The van der Waals surface area contributed by atoms with Gasteiger partial charge in [-0.3, -0.25) is 0 Å². The van der Waals surface area contributed by atoms with Gasteiger partial charge in [0.05, 0.1) is 0 Å². The number of rotatable bonds is 2. The minimum Gasteiger partial charge on any atom is -0.142 e. The molecule has 0 aliphatic carbocycles. The van der Waals surface area contributed by atoms with Crippen molar-refractivity contribution in [3.05, 3.63) is 58.2 Å². The molecule has 19 heavy (non-hydrogen) atoms. The van der Waals surface area contributed by atoms with Crippen LogP contribution in [0.5, 0.6) is 0 Å². The smallest absolute Gasteiger partial charge is 0.142 e. The Morgan fingerprint density at radius 1 is 0.947 bits per heavy atom. The largest absolute Gasteiger partial charge is 0.159 e. The lowest BCUT2D eigenvalue weighted by molar-refractivity contribution is 0.956. The first-order valence-electron chi connectivity index (χ1n) is 5.58. The van der Waals surface area contributed by atoms with Crippen molar-refractivity contribution in [1.82, 2.24) is 10.2 Å². The van der Waals surface area contributed by atoms with Gasteiger partial charge in [-0.1, -0.05) is 69.6 Å². The molecule has 0 spiro atoms. The van der Waals surface area contributed by atoms with Crippen molar-refractivity contribution < 1.29 is 0 Å². The highest BCUT2D eigenvalue weighted by Crippen LogP contribution is 2.34. The minimum absolute atomic E-state index is 0.439. The summed E-state index contributed by atoms with van der Waals surface area (Å²) in [5, 5.41) is 11.5. The highest BCUT2D eigenvalue weighted by molar-refractivity contribution is 9.10. The molecule has 2 nitrogen and oxygen atoms in total. The lowest BCUT2D eigenvalue weighted by Gasteiger charge is -2.05. The van der Waals surface area contributed by atoms with Crippen molar-refractivity contribution in [2.75, 3.05) is 0 Å². The molecule has 0 aliphatic heterocycles. The van der Waals surface area contributed by atoms with Gasteiger partial charge in [-0.2, -0.15) is 0 Å². The van der Waals surface area contributed by atoms with Gasteiger partial charge < -0.3 is 0 Å². The third-order valence-electron chi connectivity index (χ3n) is 2.62. The Morgan fingerprint density at radius 3 is 2.53 bits per heavy atom. The van der Waals surface area contributed by atoms with Crippen molar-refractivity contribution >= 4 is 50.1 Å². The van der Waals surface area contributed by atoms with E-state index in [1.54, 1.807) is 11.8 Å². The van der Waals surface area contributed by atoms with E-state index in [-0.39, 0.29) is 0 Å². The van der Waals surface area contributed by atoms with Gasteiger partial charge in [0.15, 0.2) is 5.15 Å². The summed E-state index contributed by atoms with van der Waals surface area (Å²) in [5.41, 5.74) is 0. The Balaban J connectivity index is 2.09. The second kappa shape index (κ2) is 5.49. The van der Waals surface area contributed by atoms with E-state index in [1.807, 2.05) is 42.5 Å². The fourth-order valence-corrected chi connectivity index (χ4v) is 3.44. The second-order valence-corrected chi connectivity index (χ2v) is 6.24. The minimum atomic E-state index is 0.439. The van der Waals surface area contributed by atoms with Crippen LogP contribution in [0.1, 0.15) is 0 Å². The molecular formula is C14H8BrClN2S. The Kier molecular flexibility index (Phi) is 3.73. The van der Waals surface area contributed by atoms with Crippen LogP contribution in [-0.2, 0) is 0 Å². The Labute approximate surface area is 128 Å². The monoisotopic (exact) mass is 350 g/mol. The first kappa shape index (κ1) is 12.9. The lowest BCUT2D eigenvalue weighted by atomic mass is 10.2. The van der Waals surface area contributed by atoms with Crippen molar-refractivity contribution in [1.29, 1.82) is 0 Å². The Morgan fingerprint density at radius 2 is 1.74 bits per heavy atom. The standard InChI is InChI=1S/C14H8BrClN2S/c15-9-4-3-5-10(8-9)19-14-12-7-2-1-6-11(12)13(16)17-18-14/h1-8H. The average Bonchev–Trinajstić information content (AvgIpc) is 2.42. The molecule has 3 aromatic rings. The highest BCUT2D eigenvalue weighted by atomic mass is 79.9. The zero-order valence-electron chi connectivity index (χ0n) is 9.68. The van der Waals surface area contributed by atoms with E-state index < -0.39 is 0 Å². The average molecular weight is 352 g/mol. The molecule has 0 saturated carbocycles. The number of benzene rings is 2. The molecule has 0 unspecified atom stereocenters. The van der Waals surface area contributed by atoms with Crippen LogP contribution in [0, 0.1) is 0 Å². The van der Waals surface area contributed by atoms with E-state index in [0.717, 1.165) is 25.2 Å². The van der Waals surface area contributed by atoms with Gasteiger partial charge in [0.25, 0.3) is 0 Å². The quantitative estimate of drug-likeness (QED) is 0.635. The van der Waals surface area contributed by atoms with Crippen LogP contribution in [0.3, 0.4) is 0 Å². The van der Waals surface area contributed by atoms with Crippen LogP contribution >= 0.6 is 39.3 Å². The van der Waals surface area contributed by atoms with Gasteiger partial charge in [-0.15, -0.1) is 10.2 Å². The van der Waals surface area contributed by atoms with Crippen LogP contribution in [0.15, 0.2) is 62.9 Å². The third-order valence-corrected chi connectivity index (χ3v) is 4.38. The predicted molar refractivity (Wildman–Crippen MR) is 82.8 cm³/mol. The van der Waals surface area contributed by atoms with E-state index in [2.05, 4.69) is 32.2 Å². The Hall–Kier alpha value is -1.10. The lowest BCUT2D eigenvalue weighted by Crippen LogP contribution is -1.89. The second-order valence-electron chi connectivity index (χ2n) is 3.90. The number of halogens is 2. The molecule has 5 heteroatoms. The fraction of sp³-hybridized carbons (Fsp3) is 0. The number of aromatic nitrogens is 2. The summed E-state index contributed by atoms with van der Waals surface area (Å²) >= 11 is 11.1. The van der Waals surface area contributed by atoms with Crippen LogP contribution in [0.4, 0.5) is 0 Å². The normalized spacial score (nSPS) is 10.8. The molecule has 0 amide bonds. The molecule has 0 atom stereocenters. The highest BCUT2D eigenvalue weighted by Gasteiger charge is 2.08. The summed E-state index contributed by atoms with van der Waals surface area (Å²) in [6.45, 7) is 0. The van der Waals surface area contributed by atoms with Crippen molar-refractivity contribution in [3.63, 3.8) is 0 Å². The number of nitrogens with zero attached hydrogens (tertiary/aromatic N) is 2. The molecule has 0 N–H and O–H groups in total. The molecule has 0 aliphatic rings. The third kappa shape index (κ3) is 2.76. The molecule has 3 rings (SSSR count). The predicted octanol–water partition coefficient (Wildman–Crippen LogP) is 5.20. The zero-order chi connectivity index (χ0) is 13.2. The molecule has 1 heterocycles. The van der Waals surface area contributed by atoms with Gasteiger partial charge >= 0.3 is 0 Å². The van der Waals surface area contributed by atoms with Gasteiger partial charge in [0.2, 0.25) is 0 Å². The van der Waals surface area contributed by atoms with E-state index in [9.17, 15) is 0 Å². The van der Waals surface area contributed by atoms with E-state index >= 15 is 0 Å². The maximum atomic E-state index is 6.07.